The number of benzene rings is 2. The van der Waals surface area contributed by atoms with Crippen LogP contribution in [0.3, 0.4) is 0 Å². The van der Waals surface area contributed by atoms with E-state index in [9.17, 15) is 26.7 Å². The number of imidazole rings is 1. The SMILES string of the molecule is Cc1ccc(S(=O)(=O)N(C)C[C@H]2OCCCC[C@@H](C)Oc3ccc(NS(=O)(=O)c4cn(C)cn4)cc3C(=O)N([C@@H](C)CO)C[C@H]2C)cc1. The number of amides is 1. The fraction of sp³-hybridized carbons (Fsp3) is 0.515. The van der Waals surface area contributed by atoms with Gasteiger partial charge >= 0.3 is 0 Å². The van der Waals surface area contributed by atoms with Crippen molar-refractivity contribution in [3.05, 3.63) is 66.1 Å². The number of hydrogen-bond acceptors (Lipinski definition) is 9. The fourth-order valence-corrected chi connectivity index (χ4v) is 7.64. The van der Waals surface area contributed by atoms with Gasteiger partial charge in [-0.15, -0.1) is 0 Å². The molecule has 13 nitrogen and oxygen atoms in total. The number of aromatic nitrogens is 2. The standard InChI is InChI=1S/C33H47N5O8S2/c1-23-10-13-28(14-11-23)48(43,44)37(6)19-31-24(2)18-38(25(3)21-39)33(40)29-17-27(35-47(41,42)32-20-36(5)22-34-32)12-15-30(29)46-26(4)9-7-8-16-45-31/h10-15,17,20,22,24-26,31,35,39H,7-9,16,18-19,21H2,1-6H3/t24-,25+,26-,31-/m1/s1. The van der Waals surface area contributed by atoms with Crippen molar-refractivity contribution in [2.75, 3.05) is 38.1 Å². The third kappa shape index (κ3) is 9.14. The molecule has 48 heavy (non-hydrogen) atoms. The zero-order valence-electron chi connectivity index (χ0n) is 28.4. The van der Waals surface area contributed by atoms with Gasteiger partial charge in [0.05, 0.1) is 41.6 Å². The van der Waals surface area contributed by atoms with Crippen LogP contribution in [0.25, 0.3) is 0 Å². The van der Waals surface area contributed by atoms with E-state index in [2.05, 4.69) is 9.71 Å². The van der Waals surface area contributed by atoms with Crippen LogP contribution in [-0.2, 0) is 31.8 Å². The molecule has 15 heteroatoms. The molecule has 0 radical (unpaired) electrons. The molecule has 0 spiro atoms. The van der Waals surface area contributed by atoms with Crippen molar-refractivity contribution in [3.63, 3.8) is 0 Å². The zero-order chi connectivity index (χ0) is 35.2. The van der Waals surface area contributed by atoms with Gasteiger partial charge < -0.3 is 24.0 Å². The summed E-state index contributed by atoms with van der Waals surface area (Å²) in [5, 5.41) is 10.0. The van der Waals surface area contributed by atoms with E-state index in [1.165, 1.54) is 45.5 Å². The van der Waals surface area contributed by atoms with E-state index in [0.717, 1.165) is 12.0 Å². The molecule has 0 bridgehead atoms. The molecule has 1 aliphatic rings. The number of carbonyl (C=O) groups is 1. The molecule has 2 heterocycles. The Morgan fingerprint density at radius 1 is 1.10 bits per heavy atom. The van der Waals surface area contributed by atoms with Crippen molar-refractivity contribution in [1.29, 1.82) is 0 Å². The first kappa shape index (κ1) is 37.3. The number of ether oxygens (including phenoxy) is 2. The molecule has 4 atom stereocenters. The quantitative estimate of drug-likeness (QED) is 0.339. The Kier molecular flexibility index (Phi) is 12.3. The normalized spacial score (nSPS) is 20.9. The van der Waals surface area contributed by atoms with Crippen molar-refractivity contribution in [1.82, 2.24) is 18.8 Å². The Balaban J connectivity index is 1.67. The maximum Gasteiger partial charge on any atom is 0.280 e. The summed E-state index contributed by atoms with van der Waals surface area (Å²) in [5.41, 5.74) is 1.20. The van der Waals surface area contributed by atoms with Crippen LogP contribution < -0.4 is 9.46 Å². The van der Waals surface area contributed by atoms with Crippen molar-refractivity contribution >= 4 is 31.6 Å². The lowest BCUT2D eigenvalue weighted by molar-refractivity contribution is -0.00833. The van der Waals surface area contributed by atoms with Gasteiger partial charge in [0.2, 0.25) is 10.0 Å². The van der Waals surface area contributed by atoms with Crippen LogP contribution in [0, 0.1) is 12.8 Å². The number of nitrogens with zero attached hydrogens (tertiary/aromatic N) is 4. The van der Waals surface area contributed by atoms with Crippen LogP contribution in [0.15, 0.2) is 64.9 Å². The van der Waals surface area contributed by atoms with Gasteiger partial charge in [0.25, 0.3) is 15.9 Å². The third-order valence-corrected chi connectivity index (χ3v) is 11.5. The van der Waals surface area contributed by atoms with Gasteiger partial charge in [0.1, 0.15) is 5.75 Å². The molecule has 0 fully saturated rings. The third-order valence-electron chi connectivity index (χ3n) is 8.43. The number of nitrogens with one attached hydrogen (secondary N) is 1. The highest BCUT2D eigenvalue weighted by atomic mass is 32.2. The number of fused-ring (bicyclic) bond motifs is 1. The number of aliphatic hydroxyl groups is 1. The van der Waals surface area contributed by atoms with Crippen LogP contribution in [-0.4, -0.2) is 98.2 Å². The molecule has 3 aromatic rings. The molecule has 0 saturated heterocycles. The Morgan fingerprint density at radius 2 is 1.81 bits per heavy atom. The van der Waals surface area contributed by atoms with Gasteiger partial charge in [-0.2, -0.15) is 12.7 Å². The minimum absolute atomic E-state index is 0.0441. The molecule has 1 amide bonds. The molecular formula is C33H47N5O8S2. The van der Waals surface area contributed by atoms with Crippen molar-refractivity contribution in [3.8, 4) is 5.75 Å². The topological polar surface area (TPSA) is 160 Å². The summed E-state index contributed by atoms with van der Waals surface area (Å²) in [6.07, 6.45) is 4.01. The molecule has 2 aromatic carbocycles. The molecule has 0 unspecified atom stereocenters. The largest absolute Gasteiger partial charge is 0.490 e. The Hall–Kier alpha value is -3.50. The van der Waals surface area contributed by atoms with E-state index >= 15 is 0 Å². The van der Waals surface area contributed by atoms with Gasteiger partial charge in [0, 0.05) is 51.6 Å². The molecule has 1 aromatic heterocycles. The van der Waals surface area contributed by atoms with Crippen LogP contribution >= 0.6 is 0 Å². The maximum atomic E-state index is 14.3. The van der Waals surface area contributed by atoms with Crippen LogP contribution in [0.2, 0.25) is 0 Å². The van der Waals surface area contributed by atoms with Gasteiger partial charge in [-0.3, -0.25) is 9.52 Å². The van der Waals surface area contributed by atoms with Crippen LogP contribution in [0.4, 0.5) is 5.69 Å². The highest BCUT2D eigenvalue weighted by molar-refractivity contribution is 7.92. The molecule has 0 aliphatic carbocycles. The molecular weight excluding hydrogens is 659 g/mol. The second kappa shape index (κ2) is 15.8. The number of rotatable bonds is 9. The molecule has 0 saturated carbocycles. The highest BCUT2D eigenvalue weighted by Crippen LogP contribution is 2.29. The zero-order valence-corrected chi connectivity index (χ0v) is 30.0. The first-order chi connectivity index (χ1) is 22.6. The summed E-state index contributed by atoms with van der Waals surface area (Å²) in [5.74, 6) is -0.568. The minimum Gasteiger partial charge on any atom is -0.490 e. The van der Waals surface area contributed by atoms with Gasteiger partial charge in [-0.05, 0) is 70.4 Å². The average molecular weight is 706 g/mol. The Morgan fingerprint density at radius 3 is 2.46 bits per heavy atom. The van der Waals surface area contributed by atoms with E-state index in [4.69, 9.17) is 9.47 Å². The van der Waals surface area contributed by atoms with E-state index in [0.29, 0.717) is 19.4 Å². The van der Waals surface area contributed by atoms with Gasteiger partial charge in [-0.1, -0.05) is 24.6 Å². The summed E-state index contributed by atoms with van der Waals surface area (Å²) in [6, 6.07) is 10.5. The number of likely N-dealkylation sites (N-methyl/N-ethyl adjacent to an activating group) is 1. The number of carbonyl (C=O) groups excluding carboxylic acids is 1. The predicted octanol–water partition coefficient (Wildman–Crippen LogP) is 3.65. The van der Waals surface area contributed by atoms with Gasteiger partial charge in [-0.25, -0.2) is 13.4 Å². The summed E-state index contributed by atoms with van der Waals surface area (Å²) < 4.78 is 70.8. The smallest absolute Gasteiger partial charge is 0.280 e. The summed E-state index contributed by atoms with van der Waals surface area (Å²) in [4.78, 5) is 19.9. The molecule has 264 valence electrons. The van der Waals surface area contributed by atoms with Crippen molar-refractivity contribution in [2.24, 2.45) is 13.0 Å². The lowest BCUT2D eigenvalue weighted by Gasteiger charge is -2.35. The first-order valence-corrected chi connectivity index (χ1v) is 18.9. The predicted molar refractivity (Wildman–Crippen MR) is 182 cm³/mol. The fourth-order valence-electron chi connectivity index (χ4n) is 5.43. The van der Waals surface area contributed by atoms with E-state index in [1.54, 1.807) is 44.3 Å². The van der Waals surface area contributed by atoms with Gasteiger partial charge in [0.15, 0.2) is 5.03 Å². The second-order valence-electron chi connectivity index (χ2n) is 12.6. The lowest BCUT2D eigenvalue weighted by atomic mass is 10.0. The first-order valence-electron chi connectivity index (χ1n) is 16.0. The molecule has 2 N–H and O–H groups in total. The second-order valence-corrected chi connectivity index (χ2v) is 16.3. The molecule has 1 aliphatic heterocycles. The maximum absolute atomic E-state index is 14.3. The lowest BCUT2D eigenvalue weighted by Crippen LogP contribution is -2.48. The highest BCUT2D eigenvalue weighted by Gasteiger charge is 2.32. The average Bonchev–Trinajstić information content (AvgIpc) is 3.49. The van der Waals surface area contributed by atoms with Crippen LogP contribution in [0.1, 0.15) is 56.0 Å². The number of anilines is 1. The minimum atomic E-state index is -4.05. The summed E-state index contributed by atoms with van der Waals surface area (Å²) in [7, 11) is -4.70. The molecule has 4 rings (SSSR count). The van der Waals surface area contributed by atoms with E-state index in [1.807, 2.05) is 20.8 Å². The Labute approximate surface area is 284 Å². The summed E-state index contributed by atoms with van der Waals surface area (Å²) >= 11 is 0. The van der Waals surface area contributed by atoms with Crippen molar-refractivity contribution in [2.45, 2.75) is 75.1 Å². The number of sulfonamides is 2. The Bertz CT molecular complexity index is 1760. The van der Waals surface area contributed by atoms with E-state index < -0.39 is 38.1 Å². The number of aryl methyl sites for hydroxylation is 2. The number of hydrogen-bond donors (Lipinski definition) is 2. The monoisotopic (exact) mass is 705 g/mol. The number of aliphatic hydroxyl groups excluding tert-OH is 1. The van der Waals surface area contributed by atoms with E-state index in [-0.39, 0.29) is 58.6 Å². The van der Waals surface area contributed by atoms with Crippen LogP contribution in [0.5, 0.6) is 5.75 Å². The van der Waals surface area contributed by atoms with Crippen molar-refractivity contribution < 1.29 is 36.2 Å². The summed E-state index contributed by atoms with van der Waals surface area (Å²) in [6.45, 7) is 7.56.